The minimum atomic E-state index is -0.210. The molecule has 24 heavy (non-hydrogen) atoms. The topological polar surface area (TPSA) is 62.2 Å². The molecule has 0 spiro atoms. The number of aromatic nitrogens is 2. The molecule has 7 heteroatoms. The van der Waals surface area contributed by atoms with Crippen LogP contribution in [0.25, 0.3) is 0 Å². The summed E-state index contributed by atoms with van der Waals surface area (Å²) in [5.41, 5.74) is 2.03. The molecule has 0 aliphatic heterocycles. The molecule has 2 amide bonds. The molecular formula is C17H24ClN5O. The second kappa shape index (κ2) is 8.17. The van der Waals surface area contributed by atoms with Crippen LogP contribution in [0.3, 0.4) is 0 Å². The first-order valence-electron chi connectivity index (χ1n) is 7.81. The van der Waals surface area contributed by atoms with Gasteiger partial charge < -0.3 is 15.5 Å². The van der Waals surface area contributed by atoms with E-state index in [1.54, 1.807) is 4.68 Å². The molecule has 1 aromatic carbocycles. The van der Waals surface area contributed by atoms with Gasteiger partial charge in [0.2, 0.25) is 0 Å². The maximum atomic E-state index is 12.2. The molecule has 2 rings (SSSR count). The SMILES string of the molecule is C[C@@H](NC(=O)NC[C@@H](c1cnn(C)c1)N(C)C)c1cccc(Cl)c1. The molecule has 1 heterocycles. The van der Waals surface area contributed by atoms with Crippen molar-refractivity contribution in [2.45, 2.75) is 19.0 Å². The van der Waals surface area contributed by atoms with Gasteiger partial charge in [0.1, 0.15) is 0 Å². The predicted octanol–water partition coefficient (Wildman–Crippen LogP) is 2.74. The average molecular weight is 350 g/mol. The van der Waals surface area contributed by atoms with Gasteiger partial charge >= 0.3 is 6.03 Å². The van der Waals surface area contributed by atoms with Crippen LogP contribution in [-0.2, 0) is 7.05 Å². The Morgan fingerprint density at radius 3 is 2.71 bits per heavy atom. The van der Waals surface area contributed by atoms with Gasteiger partial charge in [0.15, 0.2) is 0 Å². The van der Waals surface area contributed by atoms with Crippen LogP contribution in [0.15, 0.2) is 36.7 Å². The highest BCUT2D eigenvalue weighted by Crippen LogP contribution is 2.18. The van der Waals surface area contributed by atoms with Crippen molar-refractivity contribution in [2.24, 2.45) is 7.05 Å². The van der Waals surface area contributed by atoms with Crippen molar-refractivity contribution in [3.63, 3.8) is 0 Å². The number of nitrogens with one attached hydrogen (secondary N) is 2. The second-order valence-corrected chi connectivity index (χ2v) is 6.49. The predicted molar refractivity (Wildman–Crippen MR) is 96.0 cm³/mol. The van der Waals surface area contributed by atoms with Crippen LogP contribution in [0.5, 0.6) is 0 Å². The fraction of sp³-hybridized carbons (Fsp3) is 0.412. The van der Waals surface area contributed by atoms with Gasteiger partial charge in [0.05, 0.1) is 18.3 Å². The normalized spacial score (nSPS) is 13.6. The molecule has 2 N–H and O–H groups in total. The summed E-state index contributed by atoms with van der Waals surface area (Å²) in [6, 6.07) is 7.20. The van der Waals surface area contributed by atoms with Gasteiger partial charge in [0, 0.05) is 30.4 Å². The number of amides is 2. The molecule has 0 aliphatic rings. The van der Waals surface area contributed by atoms with Crippen LogP contribution in [0, 0.1) is 0 Å². The number of nitrogens with zero attached hydrogens (tertiary/aromatic N) is 3. The molecular weight excluding hydrogens is 326 g/mol. The first kappa shape index (κ1) is 18.3. The third kappa shape index (κ3) is 4.97. The van der Waals surface area contributed by atoms with E-state index in [4.69, 9.17) is 11.6 Å². The number of carbonyl (C=O) groups is 1. The van der Waals surface area contributed by atoms with E-state index < -0.39 is 0 Å². The van der Waals surface area contributed by atoms with Crippen molar-refractivity contribution in [3.05, 3.63) is 52.8 Å². The van der Waals surface area contributed by atoms with Crippen LogP contribution >= 0.6 is 11.6 Å². The maximum absolute atomic E-state index is 12.2. The van der Waals surface area contributed by atoms with Crippen molar-refractivity contribution in [1.82, 2.24) is 25.3 Å². The summed E-state index contributed by atoms with van der Waals surface area (Å²) in [5.74, 6) is 0. The number of likely N-dealkylation sites (N-methyl/N-ethyl adjacent to an activating group) is 1. The van der Waals surface area contributed by atoms with Crippen molar-refractivity contribution in [1.29, 1.82) is 0 Å². The van der Waals surface area contributed by atoms with E-state index in [0.717, 1.165) is 11.1 Å². The highest BCUT2D eigenvalue weighted by atomic mass is 35.5. The summed E-state index contributed by atoms with van der Waals surface area (Å²) in [7, 11) is 5.83. The van der Waals surface area contributed by atoms with Gasteiger partial charge in [-0.1, -0.05) is 23.7 Å². The number of carbonyl (C=O) groups excluding carboxylic acids is 1. The van der Waals surface area contributed by atoms with Crippen LogP contribution in [-0.4, -0.2) is 41.4 Å². The van der Waals surface area contributed by atoms with Crippen LogP contribution in [0.1, 0.15) is 30.1 Å². The Labute approximate surface area is 147 Å². The van der Waals surface area contributed by atoms with Crippen molar-refractivity contribution < 1.29 is 4.79 Å². The molecule has 130 valence electrons. The van der Waals surface area contributed by atoms with E-state index in [1.165, 1.54) is 0 Å². The summed E-state index contributed by atoms with van der Waals surface area (Å²) in [6.45, 7) is 2.42. The van der Waals surface area contributed by atoms with Gasteiger partial charge in [-0.2, -0.15) is 5.10 Å². The number of hydrogen-bond acceptors (Lipinski definition) is 3. The zero-order chi connectivity index (χ0) is 17.7. The zero-order valence-electron chi connectivity index (χ0n) is 14.5. The summed E-state index contributed by atoms with van der Waals surface area (Å²) < 4.78 is 1.76. The monoisotopic (exact) mass is 349 g/mol. The lowest BCUT2D eigenvalue weighted by Crippen LogP contribution is -2.41. The van der Waals surface area contributed by atoms with Crippen LogP contribution in [0.2, 0.25) is 5.02 Å². The molecule has 2 aromatic rings. The van der Waals surface area contributed by atoms with Gasteiger partial charge in [0.25, 0.3) is 0 Å². The number of benzene rings is 1. The molecule has 0 saturated heterocycles. The standard InChI is InChI=1S/C17H24ClN5O/c1-12(13-6-5-7-15(18)8-13)21-17(24)19-10-16(22(2)3)14-9-20-23(4)11-14/h5-9,11-12,16H,10H2,1-4H3,(H2,19,21,24)/t12-,16+/m1/s1. The fourth-order valence-electron chi connectivity index (χ4n) is 2.51. The first-order valence-corrected chi connectivity index (χ1v) is 8.19. The largest absolute Gasteiger partial charge is 0.336 e. The number of aryl methyl sites for hydroxylation is 1. The zero-order valence-corrected chi connectivity index (χ0v) is 15.2. The van der Waals surface area contributed by atoms with E-state index in [-0.39, 0.29) is 18.1 Å². The van der Waals surface area contributed by atoms with Crippen LogP contribution in [0.4, 0.5) is 4.79 Å². The van der Waals surface area contributed by atoms with E-state index in [9.17, 15) is 4.79 Å². The maximum Gasteiger partial charge on any atom is 0.315 e. The molecule has 0 bridgehead atoms. The third-order valence-corrected chi connectivity index (χ3v) is 4.12. The molecule has 2 atom stereocenters. The van der Waals surface area contributed by atoms with Gasteiger partial charge in [-0.15, -0.1) is 0 Å². The molecule has 1 aromatic heterocycles. The Hall–Kier alpha value is -2.05. The quantitative estimate of drug-likeness (QED) is 0.843. The third-order valence-electron chi connectivity index (χ3n) is 3.89. The average Bonchev–Trinajstić information content (AvgIpc) is 2.93. The summed E-state index contributed by atoms with van der Waals surface area (Å²) in [6.07, 6.45) is 3.78. The highest BCUT2D eigenvalue weighted by Gasteiger charge is 2.17. The lowest BCUT2D eigenvalue weighted by atomic mass is 10.1. The molecule has 0 aliphatic carbocycles. The Kier molecular flexibility index (Phi) is 6.23. The fourth-order valence-corrected chi connectivity index (χ4v) is 2.71. The number of urea groups is 1. The molecule has 0 radical (unpaired) electrons. The molecule has 0 unspecified atom stereocenters. The van der Waals surface area contributed by atoms with E-state index in [2.05, 4.69) is 20.6 Å². The van der Waals surface area contributed by atoms with Crippen molar-refractivity contribution >= 4 is 17.6 Å². The van der Waals surface area contributed by atoms with Crippen molar-refractivity contribution in [3.8, 4) is 0 Å². The summed E-state index contributed by atoms with van der Waals surface area (Å²) in [4.78, 5) is 14.2. The highest BCUT2D eigenvalue weighted by molar-refractivity contribution is 6.30. The number of rotatable bonds is 6. The molecule has 0 fully saturated rings. The smallest absolute Gasteiger partial charge is 0.315 e. The van der Waals surface area contributed by atoms with Crippen molar-refractivity contribution in [2.75, 3.05) is 20.6 Å². The lowest BCUT2D eigenvalue weighted by Gasteiger charge is -2.24. The first-order chi connectivity index (χ1) is 11.4. The molecule has 0 saturated carbocycles. The van der Waals surface area contributed by atoms with E-state index in [0.29, 0.717) is 11.6 Å². The van der Waals surface area contributed by atoms with Gasteiger partial charge in [-0.25, -0.2) is 4.79 Å². The van der Waals surface area contributed by atoms with Crippen LogP contribution < -0.4 is 10.6 Å². The number of hydrogen-bond donors (Lipinski definition) is 2. The molecule has 6 nitrogen and oxygen atoms in total. The Morgan fingerprint density at radius 1 is 1.38 bits per heavy atom. The minimum Gasteiger partial charge on any atom is -0.336 e. The Balaban J connectivity index is 1.91. The van der Waals surface area contributed by atoms with Gasteiger partial charge in [-0.3, -0.25) is 4.68 Å². The lowest BCUT2D eigenvalue weighted by molar-refractivity contribution is 0.230. The second-order valence-electron chi connectivity index (χ2n) is 6.06. The minimum absolute atomic E-state index is 0.0610. The summed E-state index contributed by atoms with van der Waals surface area (Å²) in [5, 5.41) is 10.7. The van der Waals surface area contributed by atoms with E-state index in [1.807, 2.05) is 64.7 Å². The Morgan fingerprint density at radius 2 is 2.12 bits per heavy atom. The Bertz CT molecular complexity index is 685. The van der Waals surface area contributed by atoms with E-state index >= 15 is 0 Å². The van der Waals surface area contributed by atoms with Gasteiger partial charge in [-0.05, 0) is 38.7 Å². The summed E-state index contributed by atoms with van der Waals surface area (Å²) >= 11 is 5.99. The number of halogens is 1.